The number of hydrogen-bond donors (Lipinski definition) is 2. The molecule has 1 heterocycles. The highest BCUT2D eigenvalue weighted by Crippen LogP contribution is 2.20. The molecule has 0 aromatic rings. The lowest BCUT2D eigenvalue weighted by Crippen LogP contribution is -2.32. The third kappa shape index (κ3) is 3.96. The smallest absolute Gasteiger partial charge is 0.338 e. The number of rotatable bonds is 7. The average molecular weight is 248 g/mol. The van der Waals surface area contributed by atoms with Crippen molar-refractivity contribution in [1.29, 1.82) is 0 Å². The molecule has 0 radical (unpaired) electrons. The zero-order valence-electron chi connectivity index (χ0n) is 9.59. The van der Waals surface area contributed by atoms with Crippen LogP contribution in [0, 0.1) is 0 Å². The van der Waals surface area contributed by atoms with Gasteiger partial charge >= 0.3 is 5.97 Å². The van der Waals surface area contributed by atoms with Crippen LogP contribution in [0.25, 0.3) is 0 Å². The number of unbranched alkanes of at least 4 members (excludes halogenated alkanes) is 3. The molecule has 1 rings (SSSR count). The Kier molecular flexibility index (Phi) is 6.16. The van der Waals surface area contributed by atoms with E-state index in [1.165, 1.54) is 19.3 Å². The monoisotopic (exact) mass is 248 g/mol. The van der Waals surface area contributed by atoms with E-state index in [2.05, 4.69) is 6.92 Å². The standard InChI is InChI=1S/C11H20O4S/c1-2-3-4-5-6-16-7-8-9(12)10(13)11(14)15-8/h8-10,12-13H,2-7H2,1H3/t8-,9+,10-/m1/s1. The van der Waals surface area contributed by atoms with Gasteiger partial charge in [0.1, 0.15) is 12.2 Å². The maximum Gasteiger partial charge on any atom is 0.338 e. The van der Waals surface area contributed by atoms with Crippen LogP contribution < -0.4 is 0 Å². The lowest BCUT2D eigenvalue weighted by atomic mass is 10.2. The summed E-state index contributed by atoms with van der Waals surface area (Å²) in [4.78, 5) is 10.9. The molecule has 1 aliphatic rings. The summed E-state index contributed by atoms with van der Waals surface area (Å²) >= 11 is 1.66. The summed E-state index contributed by atoms with van der Waals surface area (Å²) in [5.41, 5.74) is 0. The molecule has 94 valence electrons. The number of aliphatic hydroxyl groups excluding tert-OH is 2. The van der Waals surface area contributed by atoms with E-state index in [4.69, 9.17) is 4.74 Å². The van der Waals surface area contributed by atoms with Gasteiger partial charge in [0, 0.05) is 5.75 Å². The summed E-state index contributed by atoms with van der Waals surface area (Å²) < 4.78 is 4.85. The summed E-state index contributed by atoms with van der Waals surface area (Å²) in [6.45, 7) is 2.17. The molecule has 1 aliphatic heterocycles. The molecule has 4 nitrogen and oxygen atoms in total. The molecule has 0 saturated carbocycles. The third-order valence-corrected chi connectivity index (χ3v) is 3.78. The molecule has 0 aliphatic carbocycles. The van der Waals surface area contributed by atoms with E-state index < -0.39 is 24.3 Å². The van der Waals surface area contributed by atoms with Crippen LogP contribution in [0.3, 0.4) is 0 Å². The topological polar surface area (TPSA) is 66.8 Å². The molecular weight excluding hydrogens is 228 g/mol. The van der Waals surface area contributed by atoms with Gasteiger partial charge in [-0.3, -0.25) is 0 Å². The first-order valence-corrected chi connectivity index (χ1v) is 6.96. The molecule has 0 aromatic carbocycles. The lowest BCUT2D eigenvalue weighted by molar-refractivity contribution is -0.146. The molecule has 1 saturated heterocycles. The van der Waals surface area contributed by atoms with Crippen LogP contribution in [-0.4, -0.2) is 46.0 Å². The number of cyclic esters (lactones) is 1. The Labute approximate surface area is 100 Å². The van der Waals surface area contributed by atoms with Gasteiger partial charge in [-0.15, -0.1) is 0 Å². The zero-order chi connectivity index (χ0) is 12.0. The fourth-order valence-electron chi connectivity index (χ4n) is 1.59. The highest BCUT2D eigenvalue weighted by molar-refractivity contribution is 7.99. The van der Waals surface area contributed by atoms with Gasteiger partial charge in [-0.25, -0.2) is 4.79 Å². The Morgan fingerprint density at radius 3 is 2.62 bits per heavy atom. The van der Waals surface area contributed by atoms with E-state index in [0.717, 1.165) is 12.2 Å². The summed E-state index contributed by atoms with van der Waals surface area (Å²) in [6.07, 6.45) is 1.88. The molecule has 2 N–H and O–H groups in total. The van der Waals surface area contributed by atoms with Crippen LogP contribution in [-0.2, 0) is 9.53 Å². The molecule has 0 amide bonds. The van der Waals surface area contributed by atoms with E-state index in [-0.39, 0.29) is 0 Å². The zero-order valence-corrected chi connectivity index (χ0v) is 10.4. The quantitative estimate of drug-likeness (QED) is 0.518. The third-order valence-electron chi connectivity index (χ3n) is 2.64. The van der Waals surface area contributed by atoms with Crippen LogP contribution in [0.5, 0.6) is 0 Å². The SMILES string of the molecule is CCCCCCSC[C@H]1OC(=O)[C@H](O)[C@H]1O. The van der Waals surface area contributed by atoms with Crippen molar-refractivity contribution in [1.82, 2.24) is 0 Å². The Bertz CT molecular complexity index is 222. The maximum atomic E-state index is 10.9. The van der Waals surface area contributed by atoms with Crippen molar-refractivity contribution in [2.24, 2.45) is 0 Å². The van der Waals surface area contributed by atoms with Gasteiger partial charge in [-0.05, 0) is 12.2 Å². The van der Waals surface area contributed by atoms with Crippen molar-refractivity contribution < 1.29 is 19.7 Å². The second kappa shape index (κ2) is 7.14. The Balaban J connectivity index is 2.07. The first-order chi connectivity index (χ1) is 7.66. The number of ether oxygens (including phenoxy) is 1. The largest absolute Gasteiger partial charge is 0.457 e. The molecular formula is C11H20O4S. The van der Waals surface area contributed by atoms with Crippen molar-refractivity contribution in [3.8, 4) is 0 Å². The van der Waals surface area contributed by atoms with Crippen LogP contribution >= 0.6 is 11.8 Å². The molecule has 3 atom stereocenters. The number of aliphatic hydroxyl groups is 2. The van der Waals surface area contributed by atoms with Crippen molar-refractivity contribution in [3.63, 3.8) is 0 Å². The molecule has 0 spiro atoms. The van der Waals surface area contributed by atoms with Crippen molar-refractivity contribution >= 4 is 17.7 Å². The van der Waals surface area contributed by atoms with E-state index >= 15 is 0 Å². The van der Waals surface area contributed by atoms with Gasteiger partial charge in [0.05, 0.1) is 0 Å². The Morgan fingerprint density at radius 1 is 1.31 bits per heavy atom. The first kappa shape index (κ1) is 13.8. The molecule has 1 fully saturated rings. The predicted octanol–water partition coefficient (Wildman–Crippen LogP) is 0.947. The molecule has 0 unspecified atom stereocenters. The minimum atomic E-state index is -1.36. The lowest BCUT2D eigenvalue weighted by Gasteiger charge is -2.12. The van der Waals surface area contributed by atoms with Crippen LogP contribution in [0.2, 0.25) is 0 Å². The fourth-order valence-corrected chi connectivity index (χ4v) is 2.67. The van der Waals surface area contributed by atoms with Gasteiger partial charge < -0.3 is 14.9 Å². The molecule has 16 heavy (non-hydrogen) atoms. The number of carbonyl (C=O) groups is 1. The molecule has 0 bridgehead atoms. The van der Waals surface area contributed by atoms with E-state index in [1.54, 1.807) is 11.8 Å². The van der Waals surface area contributed by atoms with Crippen LogP contribution in [0.15, 0.2) is 0 Å². The number of hydrogen-bond acceptors (Lipinski definition) is 5. The first-order valence-electron chi connectivity index (χ1n) is 5.81. The normalized spacial score (nSPS) is 29.4. The summed E-state index contributed by atoms with van der Waals surface area (Å²) in [6, 6.07) is 0. The molecule has 5 heteroatoms. The minimum absolute atomic E-state index is 0.543. The van der Waals surface area contributed by atoms with Crippen molar-refractivity contribution in [3.05, 3.63) is 0 Å². The number of esters is 1. The highest BCUT2D eigenvalue weighted by atomic mass is 32.2. The fraction of sp³-hybridized carbons (Fsp3) is 0.909. The van der Waals surface area contributed by atoms with Gasteiger partial charge in [-0.1, -0.05) is 26.2 Å². The van der Waals surface area contributed by atoms with E-state index in [0.29, 0.717) is 5.75 Å². The van der Waals surface area contributed by atoms with Gasteiger partial charge in [0.25, 0.3) is 0 Å². The number of carbonyl (C=O) groups excluding carboxylic acids is 1. The summed E-state index contributed by atoms with van der Waals surface area (Å²) in [5.74, 6) is 0.872. The Morgan fingerprint density at radius 2 is 2.06 bits per heavy atom. The van der Waals surface area contributed by atoms with Crippen LogP contribution in [0.4, 0.5) is 0 Å². The van der Waals surface area contributed by atoms with Crippen LogP contribution in [0.1, 0.15) is 32.6 Å². The maximum absolute atomic E-state index is 10.9. The average Bonchev–Trinajstić information content (AvgIpc) is 2.51. The second-order valence-electron chi connectivity index (χ2n) is 4.05. The van der Waals surface area contributed by atoms with Gasteiger partial charge in [-0.2, -0.15) is 11.8 Å². The second-order valence-corrected chi connectivity index (χ2v) is 5.20. The van der Waals surface area contributed by atoms with Crippen molar-refractivity contribution in [2.45, 2.75) is 50.9 Å². The number of thioether (sulfide) groups is 1. The van der Waals surface area contributed by atoms with E-state index in [1.807, 2.05) is 0 Å². The Hall–Kier alpha value is -0.260. The van der Waals surface area contributed by atoms with Crippen molar-refractivity contribution in [2.75, 3.05) is 11.5 Å². The van der Waals surface area contributed by atoms with Gasteiger partial charge in [0.2, 0.25) is 0 Å². The minimum Gasteiger partial charge on any atom is -0.457 e. The van der Waals surface area contributed by atoms with E-state index in [9.17, 15) is 15.0 Å². The summed E-state index contributed by atoms with van der Waals surface area (Å²) in [5, 5.41) is 18.6. The molecule has 0 aromatic heterocycles. The summed E-state index contributed by atoms with van der Waals surface area (Å²) in [7, 11) is 0. The highest BCUT2D eigenvalue weighted by Gasteiger charge is 2.42. The van der Waals surface area contributed by atoms with Gasteiger partial charge in [0.15, 0.2) is 6.10 Å². The predicted molar refractivity (Wildman–Crippen MR) is 63.4 cm³/mol.